The first-order valence-corrected chi connectivity index (χ1v) is 10.3. The third-order valence-corrected chi connectivity index (χ3v) is 5.57. The molecule has 5 aromatic rings. The van der Waals surface area contributed by atoms with Crippen molar-refractivity contribution in [1.29, 1.82) is 0 Å². The van der Waals surface area contributed by atoms with Gasteiger partial charge < -0.3 is 4.90 Å². The van der Waals surface area contributed by atoms with Crippen molar-refractivity contribution in [3.63, 3.8) is 0 Å². The van der Waals surface area contributed by atoms with Crippen molar-refractivity contribution in [2.24, 2.45) is 0 Å². The van der Waals surface area contributed by atoms with Crippen LogP contribution in [0.25, 0.3) is 27.8 Å². The summed E-state index contributed by atoms with van der Waals surface area (Å²) in [6.45, 7) is 0.806. The zero-order chi connectivity index (χ0) is 23.3. The van der Waals surface area contributed by atoms with Gasteiger partial charge in [-0.05, 0) is 35.9 Å². The van der Waals surface area contributed by atoms with Gasteiger partial charge in [0, 0.05) is 36.4 Å². The Hall–Kier alpha value is -3.72. The average Bonchev–Trinajstić information content (AvgIpc) is 3.26. The molecule has 0 saturated heterocycles. The fraction of sp³-hybridized carbons (Fsp3) is 0.130. The molecule has 0 amide bonds. The maximum Gasteiger partial charge on any atom is 0.286 e. The van der Waals surface area contributed by atoms with Crippen molar-refractivity contribution in [1.82, 2.24) is 24.6 Å². The summed E-state index contributed by atoms with van der Waals surface area (Å²) < 4.78 is 43.6. The van der Waals surface area contributed by atoms with Crippen LogP contribution in [0, 0.1) is 5.82 Å². The highest BCUT2D eigenvalue weighted by atomic mass is 35.5. The van der Waals surface area contributed by atoms with Crippen LogP contribution < -0.4 is 4.90 Å². The lowest BCUT2D eigenvalue weighted by atomic mass is 10.1. The molecule has 0 aliphatic rings. The van der Waals surface area contributed by atoms with Gasteiger partial charge in [-0.15, -0.1) is 10.2 Å². The monoisotopic (exact) mass is 468 g/mol. The van der Waals surface area contributed by atoms with Crippen molar-refractivity contribution in [2.75, 3.05) is 11.9 Å². The first-order valence-electron chi connectivity index (χ1n) is 9.89. The highest BCUT2D eigenvalue weighted by molar-refractivity contribution is 6.31. The normalized spacial score (nSPS) is 11.9. The van der Waals surface area contributed by atoms with Crippen LogP contribution in [0.15, 0.2) is 61.1 Å². The van der Waals surface area contributed by atoms with Crippen LogP contribution in [0.3, 0.4) is 0 Å². The van der Waals surface area contributed by atoms with E-state index in [1.54, 1.807) is 28.5 Å². The second-order valence-electron chi connectivity index (χ2n) is 7.65. The number of fused-ring (bicyclic) bond motifs is 3. The number of benzene rings is 2. The number of rotatable bonds is 4. The number of pyridine rings is 1. The minimum absolute atomic E-state index is 0.241. The lowest BCUT2D eigenvalue weighted by molar-refractivity contribution is 0.0128. The number of anilines is 2. The van der Waals surface area contributed by atoms with E-state index in [-0.39, 0.29) is 16.1 Å². The van der Waals surface area contributed by atoms with E-state index in [1.807, 2.05) is 24.3 Å². The fourth-order valence-corrected chi connectivity index (χ4v) is 3.88. The molecule has 0 radical (unpaired) electrons. The first-order chi connectivity index (χ1) is 15.7. The smallest absolute Gasteiger partial charge is 0.286 e. The van der Waals surface area contributed by atoms with Gasteiger partial charge >= 0.3 is 0 Å². The Morgan fingerprint density at radius 3 is 2.61 bits per heavy atom. The van der Waals surface area contributed by atoms with Gasteiger partial charge in [0.1, 0.15) is 23.7 Å². The molecule has 0 aliphatic heterocycles. The van der Waals surface area contributed by atoms with Gasteiger partial charge in [-0.25, -0.2) is 4.39 Å². The molecule has 0 unspecified atom stereocenters. The lowest BCUT2D eigenvalue weighted by Gasteiger charge is -2.21. The van der Waals surface area contributed by atoms with Gasteiger partial charge in [0.15, 0.2) is 0 Å². The molecule has 0 saturated carbocycles. The molecule has 0 N–H and O–H groups in total. The van der Waals surface area contributed by atoms with Crippen molar-refractivity contribution >= 4 is 39.8 Å². The van der Waals surface area contributed by atoms with Crippen LogP contribution in [0.4, 0.5) is 24.7 Å². The highest BCUT2D eigenvalue weighted by Gasteiger charge is 2.25. The Bertz CT molecular complexity index is 1490. The maximum absolute atomic E-state index is 15.0. The molecular formula is C23H16ClF3N6. The van der Waals surface area contributed by atoms with Crippen LogP contribution in [0.1, 0.15) is 12.6 Å². The molecule has 0 atom stereocenters. The topological polar surface area (TPSA) is 59.2 Å². The SMILES string of the molecule is CN(c1cccc(-c2ccc(C(C)(F)F)nc2)c1)c1nc2nncn2c2cc(Cl)cc(F)c12. The average molecular weight is 469 g/mol. The van der Waals surface area contributed by atoms with Crippen LogP contribution in [0.2, 0.25) is 5.02 Å². The first kappa shape index (κ1) is 21.1. The number of alkyl halides is 2. The molecule has 3 aromatic heterocycles. The van der Waals surface area contributed by atoms with E-state index in [2.05, 4.69) is 20.2 Å². The summed E-state index contributed by atoms with van der Waals surface area (Å²) in [4.78, 5) is 10.1. The van der Waals surface area contributed by atoms with Gasteiger partial charge in [0.25, 0.3) is 11.7 Å². The predicted octanol–water partition coefficient (Wildman–Crippen LogP) is 6.01. The summed E-state index contributed by atoms with van der Waals surface area (Å²) in [5.74, 6) is -2.92. The second-order valence-corrected chi connectivity index (χ2v) is 8.08. The van der Waals surface area contributed by atoms with E-state index < -0.39 is 11.7 Å². The van der Waals surface area contributed by atoms with Gasteiger partial charge in [-0.2, -0.15) is 13.8 Å². The molecule has 0 spiro atoms. The molecule has 6 nitrogen and oxygen atoms in total. The summed E-state index contributed by atoms with van der Waals surface area (Å²) in [5.41, 5.74) is 2.31. The Kier molecular flexibility index (Phi) is 4.93. The van der Waals surface area contributed by atoms with Gasteiger partial charge in [-0.1, -0.05) is 29.8 Å². The number of nitrogens with zero attached hydrogens (tertiary/aromatic N) is 6. The van der Waals surface area contributed by atoms with E-state index in [9.17, 15) is 8.78 Å². The summed E-state index contributed by atoms with van der Waals surface area (Å²) in [5, 5.41) is 8.37. The third-order valence-electron chi connectivity index (χ3n) is 5.35. The Balaban J connectivity index is 1.61. The largest absolute Gasteiger partial charge is 0.329 e. The van der Waals surface area contributed by atoms with E-state index in [1.165, 1.54) is 24.7 Å². The molecule has 0 fully saturated rings. The molecule has 5 rings (SSSR count). The summed E-state index contributed by atoms with van der Waals surface area (Å²) in [7, 11) is 1.75. The highest BCUT2D eigenvalue weighted by Crippen LogP contribution is 2.35. The minimum atomic E-state index is -3.01. The van der Waals surface area contributed by atoms with Gasteiger partial charge in [0.2, 0.25) is 0 Å². The van der Waals surface area contributed by atoms with Crippen molar-refractivity contribution in [3.05, 3.63) is 77.6 Å². The molecular weight excluding hydrogens is 453 g/mol. The van der Waals surface area contributed by atoms with Crippen molar-refractivity contribution in [3.8, 4) is 11.1 Å². The predicted molar refractivity (Wildman–Crippen MR) is 121 cm³/mol. The van der Waals surface area contributed by atoms with Gasteiger partial charge in [0.05, 0.1) is 10.9 Å². The van der Waals surface area contributed by atoms with Crippen molar-refractivity contribution in [2.45, 2.75) is 12.8 Å². The summed E-state index contributed by atoms with van der Waals surface area (Å²) >= 11 is 6.09. The van der Waals surface area contributed by atoms with E-state index in [0.29, 0.717) is 28.4 Å². The maximum atomic E-state index is 15.0. The van der Waals surface area contributed by atoms with Crippen LogP contribution in [-0.4, -0.2) is 31.6 Å². The van der Waals surface area contributed by atoms with Crippen molar-refractivity contribution < 1.29 is 13.2 Å². The Labute approximate surface area is 191 Å². The molecule has 0 aliphatic carbocycles. The molecule has 2 aromatic carbocycles. The van der Waals surface area contributed by atoms with Crippen LogP contribution >= 0.6 is 11.6 Å². The molecule has 10 heteroatoms. The van der Waals surface area contributed by atoms with Crippen LogP contribution in [0.5, 0.6) is 0 Å². The second kappa shape index (κ2) is 7.70. The molecule has 166 valence electrons. The quantitative estimate of drug-likeness (QED) is 0.323. The third kappa shape index (κ3) is 3.74. The van der Waals surface area contributed by atoms with Crippen LogP contribution in [-0.2, 0) is 5.92 Å². The molecule has 0 bridgehead atoms. The zero-order valence-electron chi connectivity index (χ0n) is 17.5. The van der Waals surface area contributed by atoms with E-state index in [0.717, 1.165) is 12.5 Å². The molecule has 3 heterocycles. The van der Waals surface area contributed by atoms with Gasteiger partial charge in [-0.3, -0.25) is 9.38 Å². The summed E-state index contributed by atoms with van der Waals surface area (Å²) in [6.07, 6.45) is 2.85. The fourth-order valence-electron chi connectivity index (χ4n) is 3.68. The number of hydrogen-bond acceptors (Lipinski definition) is 5. The number of hydrogen-bond donors (Lipinski definition) is 0. The Morgan fingerprint density at radius 2 is 1.88 bits per heavy atom. The minimum Gasteiger partial charge on any atom is -0.329 e. The number of aromatic nitrogens is 5. The zero-order valence-corrected chi connectivity index (χ0v) is 18.2. The summed E-state index contributed by atoms with van der Waals surface area (Å²) in [6, 6.07) is 13.1. The Morgan fingerprint density at radius 1 is 1.06 bits per heavy atom. The van der Waals surface area contributed by atoms with E-state index >= 15 is 4.39 Å². The van der Waals surface area contributed by atoms with E-state index in [4.69, 9.17) is 11.6 Å². The number of halogens is 4. The lowest BCUT2D eigenvalue weighted by Crippen LogP contribution is -2.13. The molecule has 33 heavy (non-hydrogen) atoms. The standard InChI is InChI=1S/C23H16ClF3N6/c1-23(26,27)19-7-6-14(11-28-19)13-4-3-5-16(8-13)32(2)21-20-17(25)9-15(24)10-18(20)33-12-29-31-22(33)30-21/h3-12H,1-2H3.